The molecule has 2 rings (SSSR count). The SMILES string of the molecule is CCc1ccc(C(=O)CCC(=O)NNC(=O)CN(C)S(=O)(=O)c2ccc(C)cc2)cc1. The summed E-state index contributed by atoms with van der Waals surface area (Å²) >= 11 is 0. The molecular formula is C22H27N3O5S. The molecule has 0 bridgehead atoms. The van der Waals surface area contributed by atoms with E-state index in [-0.39, 0.29) is 23.5 Å². The number of Topliss-reactive ketones (excluding diaryl/α,β-unsaturated/α-hetero) is 1. The largest absolute Gasteiger partial charge is 0.294 e. The van der Waals surface area contributed by atoms with Crippen molar-refractivity contribution >= 4 is 27.6 Å². The number of benzene rings is 2. The number of hydrogen-bond donors (Lipinski definition) is 2. The van der Waals surface area contributed by atoms with Crippen LogP contribution in [-0.4, -0.2) is 43.9 Å². The van der Waals surface area contributed by atoms with Crippen LogP contribution in [0.1, 0.15) is 41.3 Å². The van der Waals surface area contributed by atoms with Crippen molar-refractivity contribution in [3.8, 4) is 0 Å². The number of likely N-dealkylation sites (N-methyl/N-ethyl adjacent to an activating group) is 1. The number of carbonyl (C=O) groups is 3. The Labute approximate surface area is 182 Å². The van der Waals surface area contributed by atoms with Crippen molar-refractivity contribution in [3.63, 3.8) is 0 Å². The van der Waals surface area contributed by atoms with Crippen LogP contribution in [0.4, 0.5) is 0 Å². The van der Waals surface area contributed by atoms with Crippen LogP contribution in [-0.2, 0) is 26.0 Å². The Hall–Kier alpha value is -3.04. The Bertz CT molecular complexity index is 1030. The van der Waals surface area contributed by atoms with Gasteiger partial charge >= 0.3 is 0 Å². The van der Waals surface area contributed by atoms with Gasteiger partial charge in [-0.05, 0) is 31.0 Å². The molecule has 0 aliphatic rings. The van der Waals surface area contributed by atoms with Crippen molar-refractivity contribution in [3.05, 3.63) is 65.2 Å². The zero-order chi connectivity index (χ0) is 23.0. The van der Waals surface area contributed by atoms with E-state index in [0.29, 0.717) is 5.56 Å². The molecule has 0 fully saturated rings. The van der Waals surface area contributed by atoms with E-state index < -0.39 is 28.4 Å². The fourth-order valence-electron chi connectivity index (χ4n) is 2.72. The minimum atomic E-state index is -3.83. The maximum Gasteiger partial charge on any atom is 0.253 e. The molecule has 31 heavy (non-hydrogen) atoms. The van der Waals surface area contributed by atoms with E-state index in [9.17, 15) is 22.8 Å². The van der Waals surface area contributed by atoms with Crippen molar-refractivity contribution in [2.45, 2.75) is 38.0 Å². The lowest BCUT2D eigenvalue weighted by Crippen LogP contribution is -2.46. The highest BCUT2D eigenvalue weighted by Gasteiger charge is 2.23. The fraction of sp³-hybridized carbons (Fsp3) is 0.318. The molecule has 166 valence electrons. The summed E-state index contributed by atoms with van der Waals surface area (Å²) < 4.78 is 25.9. The number of hydrazine groups is 1. The predicted octanol–water partition coefficient (Wildman–Crippen LogP) is 1.99. The summed E-state index contributed by atoms with van der Waals surface area (Å²) in [5, 5.41) is 0. The molecule has 9 heteroatoms. The number of rotatable bonds is 9. The quantitative estimate of drug-likeness (QED) is 0.453. The Balaban J connectivity index is 1.78. The van der Waals surface area contributed by atoms with Gasteiger partial charge < -0.3 is 0 Å². The summed E-state index contributed by atoms with van der Waals surface area (Å²) in [5.41, 5.74) is 6.93. The average molecular weight is 446 g/mol. The van der Waals surface area contributed by atoms with E-state index >= 15 is 0 Å². The van der Waals surface area contributed by atoms with E-state index in [1.54, 1.807) is 24.3 Å². The Morgan fingerprint density at radius 2 is 1.45 bits per heavy atom. The van der Waals surface area contributed by atoms with Crippen molar-refractivity contribution in [2.75, 3.05) is 13.6 Å². The summed E-state index contributed by atoms with van der Waals surface area (Å²) in [7, 11) is -2.55. The van der Waals surface area contributed by atoms with Crippen LogP contribution < -0.4 is 10.9 Å². The zero-order valence-corrected chi connectivity index (χ0v) is 18.7. The number of amides is 2. The van der Waals surface area contributed by atoms with E-state index in [1.165, 1.54) is 19.2 Å². The van der Waals surface area contributed by atoms with Crippen LogP contribution >= 0.6 is 0 Å². The molecule has 0 aliphatic carbocycles. The normalized spacial score (nSPS) is 11.2. The van der Waals surface area contributed by atoms with Gasteiger partial charge in [-0.3, -0.25) is 25.2 Å². The third-order valence-corrected chi connectivity index (χ3v) is 6.52. The van der Waals surface area contributed by atoms with Crippen LogP contribution in [0.2, 0.25) is 0 Å². The second kappa shape index (κ2) is 10.8. The molecule has 0 spiro atoms. The van der Waals surface area contributed by atoms with Crippen molar-refractivity contribution in [1.82, 2.24) is 15.2 Å². The number of sulfonamides is 1. The molecule has 0 saturated heterocycles. The molecule has 2 aromatic rings. The molecule has 2 aromatic carbocycles. The maximum absolute atomic E-state index is 12.5. The van der Waals surface area contributed by atoms with Gasteiger partial charge in [0.05, 0.1) is 11.4 Å². The maximum atomic E-state index is 12.5. The number of nitrogens with zero attached hydrogens (tertiary/aromatic N) is 1. The number of hydrogen-bond acceptors (Lipinski definition) is 5. The van der Waals surface area contributed by atoms with Crippen LogP contribution in [0.3, 0.4) is 0 Å². The zero-order valence-electron chi connectivity index (χ0n) is 17.8. The first-order valence-corrected chi connectivity index (χ1v) is 11.3. The molecule has 0 heterocycles. The molecule has 0 saturated carbocycles. The van der Waals surface area contributed by atoms with Gasteiger partial charge in [0.1, 0.15) is 0 Å². The molecule has 0 aromatic heterocycles. The van der Waals surface area contributed by atoms with E-state index in [4.69, 9.17) is 0 Å². The van der Waals surface area contributed by atoms with Crippen molar-refractivity contribution < 1.29 is 22.8 Å². The summed E-state index contributed by atoms with van der Waals surface area (Å²) in [4.78, 5) is 36.2. The Kier molecular flexibility index (Phi) is 8.47. The lowest BCUT2D eigenvalue weighted by molar-refractivity contribution is -0.128. The smallest absolute Gasteiger partial charge is 0.253 e. The molecule has 2 amide bonds. The lowest BCUT2D eigenvalue weighted by Gasteiger charge is -2.17. The number of carbonyl (C=O) groups excluding carboxylic acids is 3. The van der Waals surface area contributed by atoms with Gasteiger partial charge in [-0.1, -0.05) is 48.9 Å². The van der Waals surface area contributed by atoms with Gasteiger partial charge in [0.15, 0.2) is 5.78 Å². The van der Waals surface area contributed by atoms with Crippen LogP contribution in [0, 0.1) is 6.92 Å². The highest BCUT2D eigenvalue weighted by molar-refractivity contribution is 7.89. The minimum absolute atomic E-state index is 0.00508. The van der Waals surface area contributed by atoms with Crippen molar-refractivity contribution in [1.29, 1.82) is 0 Å². The summed E-state index contributed by atoms with van der Waals surface area (Å²) in [6, 6.07) is 13.5. The third kappa shape index (κ3) is 7.01. The highest BCUT2D eigenvalue weighted by Crippen LogP contribution is 2.14. The standard InChI is InChI=1S/C22H27N3O5S/c1-4-17-7-9-18(10-8-17)20(26)13-14-21(27)23-24-22(28)15-25(3)31(29,30)19-11-5-16(2)6-12-19/h5-12H,4,13-15H2,1-3H3,(H,23,27)(H,24,28). The van der Waals surface area contributed by atoms with E-state index in [2.05, 4.69) is 10.9 Å². The molecule has 0 radical (unpaired) electrons. The molecule has 0 aliphatic heterocycles. The monoisotopic (exact) mass is 445 g/mol. The first-order chi connectivity index (χ1) is 14.6. The van der Waals surface area contributed by atoms with Gasteiger partial charge in [-0.25, -0.2) is 8.42 Å². The predicted molar refractivity (Wildman–Crippen MR) is 117 cm³/mol. The van der Waals surface area contributed by atoms with E-state index in [0.717, 1.165) is 21.9 Å². The first kappa shape index (κ1) is 24.2. The lowest BCUT2D eigenvalue weighted by atomic mass is 10.0. The Morgan fingerprint density at radius 1 is 0.871 bits per heavy atom. The van der Waals surface area contributed by atoms with Crippen LogP contribution in [0.5, 0.6) is 0 Å². The molecule has 2 N–H and O–H groups in total. The third-order valence-electron chi connectivity index (χ3n) is 4.70. The molecular weight excluding hydrogens is 418 g/mol. The Morgan fingerprint density at radius 3 is 2.03 bits per heavy atom. The van der Waals surface area contributed by atoms with Gasteiger partial charge in [0.25, 0.3) is 5.91 Å². The number of nitrogens with one attached hydrogen (secondary N) is 2. The van der Waals surface area contributed by atoms with Gasteiger partial charge in [0, 0.05) is 25.5 Å². The molecule has 0 atom stereocenters. The van der Waals surface area contributed by atoms with Gasteiger partial charge in [0.2, 0.25) is 15.9 Å². The molecule has 0 unspecified atom stereocenters. The van der Waals surface area contributed by atoms with Crippen LogP contribution in [0.25, 0.3) is 0 Å². The first-order valence-electron chi connectivity index (χ1n) is 9.86. The van der Waals surface area contributed by atoms with Crippen molar-refractivity contribution in [2.24, 2.45) is 0 Å². The fourth-order valence-corrected chi connectivity index (χ4v) is 3.84. The number of aryl methyl sites for hydroxylation is 2. The van der Waals surface area contributed by atoms with Gasteiger partial charge in [-0.15, -0.1) is 0 Å². The van der Waals surface area contributed by atoms with E-state index in [1.807, 2.05) is 26.0 Å². The number of ketones is 1. The summed E-state index contributed by atoms with van der Waals surface area (Å²) in [5.74, 6) is -1.42. The average Bonchev–Trinajstić information content (AvgIpc) is 2.76. The topological polar surface area (TPSA) is 113 Å². The summed E-state index contributed by atoms with van der Waals surface area (Å²) in [6.45, 7) is 3.39. The molecule has 8 nitrogen and oxygen atoms in total. The second-order valence-electron chi connectivity index (χ2n) is 7.14. The summed E-state index contributed by atoms with van der Waals surface area (Å²) in [6.07, 6.45) is 0.763. The minimum Gasteiger partial charge on any atom is -0.294 e. The second-order valence-corrected chi connectivity index (χ2v) is 9.19. The highest BCUT2D eigenvalue weighted by atomic mass is 32.2. The van der Waals surface area contributed by atoms with Gasteiger partial charge in [-0.2, -0.15) is 4.31 Å². The van der Waals surface area contributed by atoms with Crippen LogP contribution in [0.15, 0.2) is 53.4 Å².